The van der Waals surface area contributed by atoms with Crippen LogP contribution in [0.3, 0.4) is 0 Å². The number of aromatic nitrogens is 2. The molecule has 1 spiro atoms. The molecule has 10 nitrogen and oxygen atoms in total. The summed E-state index contributed by atoms with van der Waals surface area (Å²) in [4.78, 5) is 24.7. The highest BCUT2D eigenvalue weighted by Gasteiger charge is 2.65. The highest BCUT2D eigenvalue weighted by molar-refractivity contribution is 5.89. The summed E-state index contributed by atoms with van der Waals surface area (Å²) in [7, 11) is 1.49. The number of hydrogen-bond donors (Lipinski definition) is 2. The molecule has 2 atom stereocenters. The van der Waals surface area contributed by atoms with Crippen LogP contribution in [0.2, 0.25) is 0 Å². The van der Waals surface area contributed by atoms with Crippen molar-refractivity contribution >= 4 is 11.9 Å². The first kappa shape index (κ1) is 38.5. The minimum absolute atomic E-state index is 0.0767. The first-order valence-electron chi connectivity index (χ1n) is 17.6. The van der Waals surface area contributed by atoms with Crippen molar-refractivity contribution in [3.63, 3.8) is 0 Å². The number of ether oxygens (including phenoxy) is 3. The van der Waals surface area contributed by atoms with Gasteiger partial charge in [-0.05, 0) is 97.8 Å². The third kappa shape index (κ3) is 6.89. The van der Waals surface area contributed by atoms with Gasteiger partial charge in [-0.3, -0.25) is 0 Å². The molecule has 2 aliphatic heterocycles. The van der Waals surface area contributed by atoms with Gasteiger partial charge in [0.1, 0.15) is 11.4 Å². The molecule has 55 heavy (non-hydrogen) atoms. The largest absolute Gasteiger partial charge is 0.496 e. The number of morpholine rings is 1. The molecule has 0 radical (unpaired) electrons. The lowest BCUT2D eigenvalue weighted by Gasteiger charge is -2.52. The molecule has 2 N–H and O–H groups in total. The van der Waals surface area contributed by atoms with Crippen molar-refractivity contribution < 1.29 is 55.6 Å². The molecule has 3 fully saturated rings. The molecule has 0 bridgehead atoms. The molecule has 4 aromatic rings. The molecule has 16 heteroatoms. The quantitative estimate of drug-likeness (QED) is 0.173. The van der Waals surface area contributed by atoms with E-state index in [1.54, 1.807) is 36.2 Å². The standard InChI is InChI=1S/C39H38F6N4O6/c1-22-15-24(33(50)51)5-7-28(22)23-6-8-32(53-3)29(16-23)30-20-46-34(48-11-13-54-14-12-48)47-31(30)21-49-35(52)55-36(2,37(49)9-4-10-37)25-17-26(38(40,41)42)19-27(18-25)39(43,44)45/h5-8,15-20,35,52H,4,9-14,21H2,1-3H3,(H,50,51)/t35?,36-/m1/s1. The van der Waals surface area contributed by atoms with Crippen molar-refractivity contribution in [2.24, 2.45) is 0 Å². The normalized spacial score (nSPS) is 21.5. The Kier molecular flexibility index (Phi) is 9.85. The molecule has 1 aromatic heterocycles. The van der Waals surface area contributed by atoms with Crippen LogP contribution < -0.4 is 9.64 Å². The third-order valence-corrected chi connectivity index (χ3v) is 11.1. The van der Waals surface area contributed by atoms with Crippen LogP contribution >= 0.6 is 0 Å². The molecular formula is C39H38F6N4O6. The Morgan fingerprint density at radius 2 is 1.62 bits per heavy atom. The Hall–Kier alpha value is -4.77. The lowest BCUT2D eigenvalue weighted by molar-refractivity contribution is -0.177. The number of nitrogens with zero attached hydrogens (tertiary/aromatic N) is 4. The maximum absolute atomic E-state index is 14.0. The molecule has 7 rings (SSSR count). The second-order valence-electron chi connectivity index (χ2n) is 14.2. The SMILES string of the molecule is COc1ccc(-c2ccc(C(=O)O)cc2C)cc1-c1cnc(N2CCOCC2)nc1CN1C(O)O[C@](C)(c2cc(C(F)(F)F)cc(C(F)(F)F)c2)C12CCC2. The Morgan fingerprint density at radius 3 is 2.18 bits per heavy atom. The van der Waals surface area contributed by atoms with Crippen molar-refractivity contribution in [2.75, 3.05) is 38.3 Å². The zero-order valence-electron chi connectivity index (χ0n) is 30.1. The molecule has 0 amide bonds. The first-order valence-corrected chi connectivity index (χ1v) is 17.6. The van der Waals surface area contributed by atoms with Gasteiger partial charge in [-0.25, -0.2) is 19.7 Å². The number of aromatic carboxylic acids is 1. The molecule has 3 aliphatic rings. The number of benzene rings is 3. The molecule has 3 aromatic carbocycles. The smallest absolute Gasteiger partial charge is 0.416 e. The van der Waals surface area contributed by atoms with Gasteiger partial charge in [0.25, 0.3) is 0 Å². The molecule has 2 saturated heterocycles. The number of carboxylic acid groups (broad SMARTS) is 1. The highest BCUT2D eigenvalue weighted by Crippen LogP contribution is 2.59. The number of anilines is 1. The average Bonchev–Trinajstić information content (AvgIpc) is 3.37. The Balaban J connectivity index is 1.35. The van der Waals surface area contributed by atoms with Gasteiger partial charge in [0.05, 0.1) is 48.2 Å². The fourth-order valence-corrected chi connectivity index (χ4v) is 7.98. The van der Waals surface area contributed by atoms with Crippen LogP contribution in [-0.4, -0.2) is 76.4 Å². The number of aryl methyl sites for hydroxylation is 1. The third-order valence-electron chi connectivity index (χ3n) is 11.1. The van der Waals surface area contributed by atoms with Gasteiger partial charge in [0, 0.05) is 37.0 Å². The number of rotatable bonds is 8. The van der Waals surface area contributed by atoms with E-state index in [1.165, 1.54) is 20.1 Å². The van der Waals surface area contributed by atoms with Gasteiger partial charge in [0.2, 0.25) is 12.4 Å². The van der Waals surface area contributed by atoms with Gasteiger partial charge in [0.15, 0.2) is 0 Å². The van der Waals surface area contributed by atoms with Crippen LogP contribution in [0.4, 0.5) is 32.3 Å². The summed E-state index contributed by atoms with van der Waals surface area (Å²) >= 11 is 0. The van der Waals surface area contributed by atoms with Crippen molar-refractivity contribution in [3.8, 4) is 28.0 Å². The Labute approximate surface area is 312 Å². The van der Waals surface area contributed by atoms with E-state index in [2.05, 4.69) is 4.98 Å². The van der Waals surface area contributed by atoms with E-state index in [-0.39, 0.29) is 23.7 Å². The highest BCUT2D eigenvalue weighted by atomic mass is 19.4. The summed E-state index contributed by atoms with van der Waals surface area (Å²) in [5.74, 6) is -0.253. The number of hydrogen-bond acceptors (Lipinski definition) is 9. The number of halogens is 6. The predicted molar refractivity (Wildman–Crippen MR) is 187 cm³/mol. The summed E-state index contributed by atoms with van der Waals surface area (Å²) in [5, 5.41) is 21.1. The zero-order chi connectivity index (χ0) is 39.5. The van der Waals surface area contributed by atoms with E-state index in [9.17, 15) is 41.4 Å². The lowest BCUT2D eigenvalue weighted by Crippen LogP contribution is -2.60. The number of aliphatic hydroxyl groups is 1. The first-order chi connectivity index (χ1) is 25.9. The van der Waals surface area contributed by atoms with Crippen LogP contribution in [-0.2, 0) is 34.0 Å². The van der Waals surface area contributed by atoms with Gasteiger partial charge in [-0.15, -0.1) is 0 Å². The van der Waals surface area contributed by atoms with Gasteiger partial charge in [-0.1, -0.05) is 12.1 Å². The van der Waals surface area contributed by atoms with Gasteiger partial charge >= 0.3 is 18.3 Å². The van der Waals surface area contributed by atoms with E-state index in [0.29, 0.717) is 91.8 Å². The number of aliphatic hydroxyl groups excluding tert-OH is 1. The van der Waals surface area contributed by atoms with E-state index < -0.39 is 47.0 Å². The molecular weight excluding hydrogens is 734 g/mol. The minimum atomic E-state index is -5.08. The fraction of sp³-hybridized carbons (Fsp3) is 0.410. The Morgan fingerprint density at radius 1 is 0.945 bits per heavy atom. The number of carboxylic acids is 1. The van der Waals surface area contributed by atoms with Crippen molar-refractivity contribution in [1.29, 1.82) is 0 Å². The summed E-state index contributed by atoms with van der Waals surface area (Å²) < 4.78 is 101. The predicted octanol–water partition coefficient (Wildman–Crippen LogP) is 7.65. The van der Waals surface area contributed by atoms with Crippen LogP contribution in [0.15, 0.2) is 60.8 Å². The number of methoxy groups -OCH3 is 1. The van der Waals surface area contributed by atoms with Crippen LogP contribution in [0, 0.1) is 6.92 Å². The molecule has 292 valence electrons. The van der Waals surface area contributed by atoms with Crippen LogP contribution in [0.5, 0.6) is 5.75 Å². The van der Waals surface area contributed by atoms with E-state index in [0.717, 1.165) is 11.1 Å². The molecule has 1 aliphatic carbocycles. The topological polar surface area (TPSA) is 117 Å². The van der Waals surface area contributed by atoms with E-state index in [4.69, 9.17) is 19.2 Å². The fourth-order valence-electron chi connectivity index (χ4n) is 7.98. The number of carbonyl (C=O) groups is 1. The van der Waals surface area contributed by atoms with Gasteiger partial charge in [-0.2, -0.15) is 26.3 Å². The summed E-state index contributed by atoms with van der Waals surface area (Å²) in [6.45, 7) is 4.96. The van der Waals surface area contributed by atoms with Crippen LogP contribution in [0.25, 0.3) is 22.3 Å². The monoisotopic (exact) mass is 772 g/mol. The van der Waals surface area contributed by atoms with E-state index in [1.807, 2.05) is 17.0 Å². The lowest BCUT2D eigenvalue weighted by atomic mass is 9.63. The Bertz CT molecular complexity index is 2090. The number of alkyl halides is 6. The van der Waals surface area contributed by atoms with Crippen molar-refractivity contribution in [3.05, 3.63) is 94.3 Å². The van der Waals surface area contributed by atoms with Crippen LogP contribution in [0.1, 0.15) is 64.5 Å². The average molecular weight is 773 g/mol. The second kappa shape index (κ2) is 14.1. The van der Waals surface area contributed by atoms with E-state index >= 15 is 0 Å². The zero-order valence-corrected chi connectivity index (χ0v) is 30.1. The minimum Gasteiger partial charge on any atom is -0.496 e. The maximum Gasteiger partial charge on any atom is 0.416 e. The second-order valence-corrected chi connectivity index (χ2v) is 14.2. The van der Waals surface area contributed by atoms with Crippen molar-refractivity contribution in [2.45, 2.75) is 69.6 Å². The summed E-state index contributed by atoms with van der Waals surface area (Å²) in [5.41, 5.74) is -2.54. The molecule has 1 saturated carbocycles. The maximum atomic E-state index is 14.0. The summed E-state index contributed by atoms with van der Waals surface area (Å²) in [6.07, 6.45) is -9.07. The van der Waals surface area contributed by atoms with Gasteiger partial charge < -0.3 is 29.3 Å². The molecule has 1 unspecified atom stereocenters. The summed E-state index contributed by atoms with van der Waals surface area (Å²) in [6, 6.07) is 11.6. The molecule has 3 heterocycles. The van der Waals surface area contributed by atoms with Crippen molar-refractivity contribution in [1.82, 2.24) is 14.9 Å².